The van der Waals surface area contributed by atoms with Gasteiger partial charge in [0.25, 0.3) is 5.91 Å². The van der Waals surface area contributed by atoms with E-state index in [1.165, 1.54) is 0 Å². The number of morpholine rings is 1. The van der Waals surface area contributed by atoms with Crippen LogP contribution in [0.5, 0.6) is 11.5 Å². The number of hydrogen-bond donors (Lipinski definition) is 3. The number of rotatable bonds is 12. The zero-order chi connectivity index (χ0) is 44.6. The summed E-state index contributed by atoms with van der Waals surface area (Å²) in [6.45, 7) is 15.4. The van der Waals surface area contributed by atoms with E-state index >= 15 is 0 Å². The third-order valence-corrected chi connectivity index (χ3v) is 16.1. The van der Waals surface area contributed by atoms with Crippen molar-refractivity contribution in [2.75, 3.05) is 59.3 Å². The lowest BCUT2D eigenvalue weighted by Gasteiger charge is -2.37. The first-order chi connectivity index (χ1) is 30.0. The van der Waals surface area contributed by atoms with Gasteiger partial charge in [-0.1, -0.05) is 52.7 Å². The lowest BCUT2D eigenvalue weighted by atomic mass is 9.87. The Kier molecular flexibility index (Phi) is 13.2. The molecule has 1 spiro atoms. The molecule has 0 radical (unpaired) electrons. The molecule has 6 aliphatic rings. The molecule has 4 fully saturated rings. The number of allylic oxidation sites excluding steroid dienone is 1. The number of aryl methyl sites for hydroxylation is 2. The summed E-state index contributed by atoms with van der Waals surface area (Å²) in [5.74, 6) is -0.408. The fourth-order valence-electron chi connectivity index (χ4n) is 9.60. The van der Waals surface area contributed by atoms with E-state index in [-0.39, 0.29) is 43.4 Å². The third kappa shape index (κ3) is 10.0. The van der Waals surface area contributed by atoms with Crippen LogP contribution in [0.25, 0.3) is 10.9 Å². The van der Waals surface area contributed by atoms with E-state index in [1.54, 1.807) is 11.8 Å². The van der Waals surface area contributed by atoms with E-state index < -0.39 is 49.8 Å². The maximum absolute atomic E-state index is 15.0. The average molecular weight is 893 g/mol. The van der Waals surface area contributed by atoms with Crippen molar-refractivity contribution in [3.8, 4) is 11.5 Å². The highest BCUT2D eigenvalue weighted by Gasteiger charge is 2.64. The first-order valence-corrected chi connectivity index (χ1v) is 24.8. The number of carbonyl (C=O) groups excluding carboxylic acids is 3. The Morgan fingerprint density at radius 2 is 1.87 bits per heavy atom. The topological polar surface area (TPSA) is 178 Å². The van der Waals surface area contributed by atoms with Crippen molar-refractivity contribution < 1.29 is 41.7 Å². The van der Waals surface area contributed by atoms with Gasteiger partial charge in [-0.05, 0) is 88.3 Å². The number of aromatic nitrogens is 1. The highest BCUT2D eigenvalue weighted by atomic mass is 32.2. The summed E-state index contributed by atoms with van der Waals surface area (Å²) in [4.78, 5) is 53.0. The van der Waals surface area contributed by atoms with Crippen molar-refractivity contribution >= 4 is 38.6 Å². The van der Waals surface area contributed by atoms with Crippen molar-refractivity contribution in [2.45, 2.75) is 140 Å². The first kappa shape index (κ1) is 45.7. The number of fused-ring (bicyclic) bond motifs is 5. The SMILES string of the molecule is CCc1nc2ccc(OCCN3CCOCC3)cc2c2c1OC1(CC2)CC2C(=O)NC3(C(=O)NS(=O)(=O)C4(C)CC4)CC3C=CCCCCCC(NCOCC(C)(C)C)C(=O)N2C1. The second-order valence-corrected chi connectivity index (χ2v) is 22.4. The molecule has 0 bridgehead atoms. The molecule has 63 heavy (non-hydrogen) atoms. The highest BCUT2D eigenvalue weighted by molar-refractivity contribution is 7.91. The number of nitrogens with zero attached hydrogens (tertiary/aromatic N) is 3. The van der Waals surface area contributed by atoms with Gasteiger partial charge >= 0.3 is 0 Å². The maximum atomic E-state index is 15.0. The summed E-state index contributed by atoms with van der Waals surface area (Å²) in [5.41, 5.74) is 0.254. The van der Waals surface area contributed by atoms with Gasteiger partial charge in [-0.25, -0.2) is 13.4 Å². The number of carbonyl (C=O) groups is 3. The number of benzene rings is 1. The summed E-state index contributed by atoms with van der Waals surface area (Å²) in [7, 11) is -3.97. The second kappa shape index (κ2) is 18.2. The van der Waals surface area contributed by atoms with E-state index in [0.29, 0.717) is 57.5 Å². The first-order valence-electron chi connectivity index (χ1n) is 23.3. The molecule has 2 saturated carbocycles. The maximum Gasteiger partial charge on any atom is 0.259 e. The fraction of sp³-hybridized carbons (Fsp3) is 0.702. The molecule has 8 rings (SSSR count). The molecule has 4 aliphatic heterocycles. The Labute approximate surface area is 372 Å². The number of sulfonamides is 1. The van der Waals surface area contributed by atoms with Crippen LogP contribution in [0, 0.1) is 11.3 Å². The van der Waals surface area contributed by atoms with E-state index in [2.05, 4.69) is 41.0 Å². The molecule has 2 saturated heterocycles. The van der Waals surface area contributed by atoms with Crippen molar-refractivity contribution in [3.05, 3.63) is 41.6 Å². The van der Waals surface area contributed by atoms with Crippen molar-refractivity contribution in [1.29, 1.82) is 0 Å². The standard InChI is InChI=1S/C47H68N6O9S/c1-6-36-40-34(35-26-33(14-15-37(35)49-36)61-25-22-52-20-23-59-24-21-52)16-17-46(62-40)28-39-41(54)50-47(43(56)51-63(57,58)45(5)18-19-45)27-32(47)12-10-8-7-9-11-13-38(42(55)53(39)29-46)48-31-60-30-44(2,3)4/h10,12,14-15,26,32,38-39,48H,6-9,11,13,16-25,27-31H2,1-5H3,(H,50,54)(H,51,56). The summed E-state index contributed by atoms with van der Waals surface area (Å²) < 4.78 is 52.9. The lowest BCUT2D eigenvalue weighted by molar-refractivity contribution is -0.141. The monoisotopic (exact) mass is 892 g/mol. The highest BCUT2D eigenvalue weighted by Crippen LogP contribution is 2.49. The van der Waals surface area contributed by atoms with Gasteiger partial charge in [0, 0.05) is 42.9 Å². The van der Waals surface area contributed by atoms with Crippen LogP contribution in [0.1, 0.15) is 110 Å². The number of ether oxygens (including phenoxy) is 4. The van der Waals surface area contributed by atoms with Crippen LogP contribution < -0.4 is 24.8 Å². The molecule has 5 unspecified atom stereocenters. The van der Waals surface area contributed by atoms with Crippen molar-refractivity contribution in [3.63, 3.8) is 0 Å². The summed E-state index contributed by atoms with van der Waals surface area (Å²) in [5, 5.41) is 7.37. The van der Waals surface area contributed by atoms with Gasteiger partial charge in [0.15, 0.2) is 0 Å². The summed E-state index contributed by atoms with van der Waals surface area (Å²) in [6.07, 6.45) is 11.0. The Morgan fingerprint density at radius 1 is 1.08 bits per heavy atom. The number of hydrogen-bond acceptors (Lipinski definition) is 12. The van der Waals surface area contributed by atoms with Gasteiger partial charge in [-0.2, -0.15) is 0 Å². The van der Waals surface area contributed by atoms with Gasteiger partial charge in [-0.3, -0.25) is 29.3 Å². The van der Waals surface area contributed by atoms with E-state index in [0.717, 1.165) is 86.4 Å². The molecule has 2 aromatic rings. The van der Waals surface area contributed by atoms with Crippen LogP contribution in [0.15, 0.2) is 30.4 Å². The molecular formula is C47H68N6O9S. The Bertz CT molecular complexity index is 2180. The molecule has 3 amide bonds. The van der Waals surface area contributed by atoms with Crippen LogP contribution >= 0.6 is 0 Å². The molecule has 1 aromatic heterocycles. The van der Waals surface area contributed by atoms with Crippen LogP contribution in [-0.4, -0.2) is 128 Å². The molecule has 5 heterocycles. The molecule has 5 atom stereocenters. The second-order valence-electron chi connectivity index (χ2n) is 20.2. The van der Waals surface area contributed by atoms with Crippen LogP contribution in [0.2, 0.25) is 0 Å². The van der Waals surface area contributed by atoms with Gasteiger partial charge in [0.05, 0.1) is 55.1 Å². The zero-order valence-corrected chi connectivity index (χ0v) is 38.7. The van der Waals surface area contributed by atoms with Gasteiger partial charge in [-0.15, -0.1) is 0 Å². The zero-order valence-electron chi connectivity index (χ0n) is 37.9. The normalized spacial score (nSPS) is 28.8. The number of nitrogens with one attached hydrogen (secondary N) is 3. The lowest BCUT2D eigenvalue weighted by Crippen LogP contribution is -2.58. The number of pyridine rings is 1. The minimum atomic E-state index is -3.97. The summed E-state index contributed by atoms with van der Waals surface area (Å²) in [6, 6.07) is 4.40. The average Bonchev–Trinajstić information content (AvgIpc) is 4.14. The number of amides is 3. The van der Waals surface area contributed by atoms with E-state index in [4.69, 9.17) is 23.9 Å². The fourth-order valence-corrected chi connectivity index (χ4v) is 10.9. The Balaban J connectivity index is 1.08. The summed E-state index contributed by atoms with van der Waals surface area (Å²) >= 11 is 0. The predicted octanol–water partition coefficient (Wildman–Crippen LogP) is 4.55. The Morgan fingerprint density at radius 3 is 2.62 bits per heavy atom. The molecule has 2 aliphatic carbocycles. The van der Waals surface area contributed by atoms with Crippen LogP contribution in [-0.2, 0) is 46.7 Å². The third-order valence-electron chi connectivity index (χ3n) is 13.9. The van der Waals surface area contributed by atoms with E-state index in [9.17, 15) is 22.8 Å². The molecule has 1 aromatic carbocycles. The molecule has 16 heteroatoms. The smallest absolute Gasteiger partial charge is 0.259 e. The quantitative estimate of drug-likeness (QED) is 0.154. The predicted molar refractivity (Wildman–Crippen MR) is 239 cm³/mol. The van der Waals surface area contributed by atoms with Crippen LogP contribution in [0.3, 0.4) is 0 Å². The van der Waals surface area contributed by atoms with Crippen molar-refractivity contribution in [1.82, 2.24) is 30.1 Å². The molecule has 15 nitrogen and oxygen atoms in total. The molecular weight excluding hydrogens is 825 g/mol. The van der Waals surface area contributed by atoms with Crippen LogP contribution in [0.4, 0.5) is 0 Å². The van der Waals surface area contributed by atoms with Gasteiger partial charge in [0.1, 0.15) is 35.3 Å². The van der Waals surface area contributed by atoms with Crippen molar-refractivity contribution in [2.24, 2.45) is 11.3 Å². The van der Waals surface area contributed by atoms with Gasteiger partial charge < -0.3 is 29.2 Å². The van der Waals surface area contributed by atoms with E-state index in [1.807, 2.05) is 37.3 Å². The largest absolute Gasteiger partial charge is 0.492 e. The molecule has 346 valence electrons. The van der Waals surface area contributed by atoms with Gasteiger partial charge in [0.2, 0.25) is 21.8 Å². The minimum absolute atomic E-state index is 0.0616. The molecule has 3 N–H and O–H groups in total. The Hall–Kier alpha value is -3.83. The minimum Gasteiger partial charge on any atom is -0.492 e.